The smallest absolute Gasteiger partial charge is 0.328 e. The van der Waals surface area contributed by atoms with Gasteiger partial charge >= 0.3 is 5.97 Å². The number of hydrogen-bond donors (Lipinski definition) is 3. The van der Waals surface area contributed by atoms with E-state index in [0.29, 0.717) is 22.3 Å². The molecule has 0 bridgehead atoms. The maximum absolute atomic E-state index is 12.4. The van der Waals surface area contributed by atoms with Crippen LogP contribution in [-0.4, -0.2) is 28.7 Å². The molecule has 8 heteroatoms. The summed E-state index contributed by atoms with van der Waals surface area (Å²) < 4.78 is 0. The average Bonchev–Trinajstić information content (AvgIpc) is 3.01. The van der Waals surface area contributed by atoms with Gasteiger partial charge in [0.1, 0.15) is 5.00 Å². The number of carbonyl (C=O) groups excluding carboxylic acids is 3. The standard InChI is InChI=1S/C17H14N2O5S/c1-10(20)11-3-2-4-12(9-11)18-16(24)13-7-8-25-17(13)19-14(21)5-6-15(22)23/h2-9H,1H3,(H,18,24)(H,19,21)(H,22,23)/b6-5+. The maximum atomic E-state index is 12.4. The molecule has 128 valence electrons. The molecule has 1 aromatic heterocycles. The molecule has 0 aliphatic rings. The van der Waals surface area contributed by atoms with Gasteiger partial charge in [0.15, 0.2) is 5.78 Å². The van der Waals surface area contributed by atoms with Crippen molar-refractivity contribution in [3.05, 3.63) is 59.0 Å². The van der Waals surface area contributed by atoms with Gasteiger partial charge in [-0.15, -0.1) is 11.3 Å². The van der Waals surface area contributed by atoms with Crippen molar-refractivity contribution >= 4 is 45.6 Å². The first-order valence-corrected chi connectivity index (χ1v) is 7.96. The topological polar surface area (TPSA) is 113 Å². The highest BCUT2D eigenvalue weighted by Crippen LogP contribution is 2.24. The lowest BCUT2D eigenvalue weighted by Crippen LogP contribution is -2.15. The Morgan fingerprint density at radius 3 is 2.52 bits per heavy atom. The molecule has 0 atom stereocenters. The van der Waals surface area contributed by atoms with Crippen LogP contribution >= 0.6 is 11.3 Å². The number of anilines is 2. The Hall–Kier alpha value is -3.26. The van der Waals surface area contributed by atoms with Crippen molar-refractivity contribution in [2.24, 2.45) is 0 Å². The van der Waals surface area contributed by atoms with Crippen molar-refractivity contribution in [2.45, 2.75) is 6.92 Å². The lowest BCUT2D eigenvalue weighted by Gasteiger charge is -2.07. The fourth-order valence-corrected chi connectivity index (χ4v) is 2.69. The molecule has 2 amide bonds. The predicted molar refractivity (Wildman–Crippen MR) is 94.1 cm³/mol. The van der Waals surface area contributed by atoms with Gasteiger partial charge in [0.25, 0.3) is 5.91 Å². The molecule has 0 aliphatic carbocycles. The lowest BCUT2D eigenvalue weighted by atomic mass is 10.1. The molecule has 0 spiro atoms. The van der Waals surface area contributed by atoms with Crippen molar-refractivity contribution < 1.29 is 24.3 Å². The number of benzene rings is 1. The van der Waals surface area contributed by atoms with Crippen LogP contribution < -0.4 is 10.6 Å². The molecule has 0 unspecified atom stereocenters. The Labute approximate surface area is 147 Å². The fourth-order valence-electron chi connectivity index (χ4n) is 1.90. The number of amides is 2. The number of rotatable bonds is 6. The normalized spacial score (nSPS) is 10.4. The molecule has 1 aromatic carbocycles. The zero-order valence-corrected chi connectivity index (χ0v) is 13.9. The largest absolute Gasteiger partial charge is 0.478 e. The van der Waals surface area contributed by atoms with E-state index in [-0.39, 0.29) is 11.3 Å². The second-order valence-electron chi connectivity index (χ2n) is 4.92. The Bertz CT molecular complexity index is 869. The minimum atomic E-state index is -1.25. The van der Waals surface area contributed by atoms with Crippen LogP contribution in [0.1, 0.15) is 27.6 Å². The minimum absolute atomic E-state index is 0.121. The first-order chi connectivity index (χ1) is 11.9. The van der Waals surface area contributed by atoms with E-state index >= 15 is 0 Å². The van der Waals surface area contributed by atoms with E-state index in [4.69, 9.17) is 5.11 Å². The van der Waals surface area contributed by atoms with E-state index < -0.39 is 17.8 Å². The number of thiophene rings is 1. The van der Waals surface area contributed by atoms with Gasteiger partial charge < -0.3 is 15.7 Å². The highest BCUT2D eigenvalue weighted by Gasteiger charge is 2.15. The van der Waals surface area contributed by atoms with E-state index in [1.165, 1.54) is 13.0 Å². The number of hydrogen-bond acceptors (Lipinski definition) is 5. The quantitative estimate of drug-likeness (QED) is 0.543. The van der Waals surface area contributed by atoms with Crippen LogP contribution in [0.2, 0.25) is 0 Å². The highest BCUT2D eigenvalue weighted by atomic mass is 32.1. The molecule has 2 aromatic rings. The summed E-state index contributed by atoms with van der Waals surface area (Å²) in [6, 6.07) is 8.03. The summed E-state index contributed by atoms with van der Waals surface area (Å²) in [7, 11) is 0. The summed E-state index contributed by atoms with van der Waals surface area (Å²) in [6.45, 7) is 1.43. The minimum Gasteiger partial charge on any atom is -0.478 e. The Morgan fingerprint density at radius 1 is 1.08 bits per heavy atom. The number of Topliss-reactive ketones (excluding diaryl/α,β-unsaturated/α-hetero) is 1. The summed E-state index contributed by atoms with van der Waals surface area (Å²) in [5.41, 5.74) is 1.15. The van der Waals surface area contributed by atoms with Crippen molar-refractivity contribution in [1.82, 2.24) is 0 Å². The molecule has 2 rings (SSSR count). The van der Waals surface area contributed by atoms with Gasteiger partial charge in [0, 0.05) is 23.4 Å². The molecule has 3 N–H and O–H groups in total. The summed E-state index contributed by atoms with van der Waals surface area (Å²) in [6.07, 6.45) is 1.57. The number of carboxylic acids is 1. The zero-order valence-electron chi connectivity index (χ0n) is 13.1. The summed E-state index contributed by atoms with van der Waals surface area (Å²) >= 11 is 1.13. The molecule has 0 radical (unpaired) electrons. The molecule has 7 nitrogen and oxygen atoms in total. The van der Waals surface area contributed by atoms with Crippen LogP contribution in [-0.2, 0) is 9.59 Å². The molecule has 0 fully saturated rings. The van der Waals surface area contributed by atoms with Crippen molar-refractivity contribution in [2.75, 3.05) is 10.6 Å². The van der Waals surface area contributed by atoms with Crippen LogP contribution in [0.3, 0.4) is 0 Å². The van der Waals surface area contributed by atoms with E-state index in [0.717, 1.165) is 17.4 Å². The lowest BCUT2D eigenvalue weighted by molar-refractivity contribution is -0.131. The maximum Gasteiger partial charge on any atom is 0.328 e. The van der Waals surface area contributed by atoms with E-state index in [1.54, 1.807) is 29.6 Å². The van der Waals surface area contributed by atoms with Crippen molar-refractivity contribution in [1.29, 1.82) is 0 Å². The second-order valence-corrected chi connectivity index (χ2v) is 5.83. The SMILES string of the molecule is CC(=O)c1cccc(NC(=O)c2ccsc2NC(=O)/C=C/C(=O)O)c1. The zero-order chi connectivity index (χ0) is 18.4. The number of nitrogens with one attached hydrogen (secondary N) is 2. The molecular formula is C17H14N2O5S. The van der Waals surface area contributed by atoms with Crippen LogP contribution in [0.5, 0.6) is 0 Å². The van der Waals surface area contributed by atoms with Gasteiger partial charge in [-0.05, 0) is 30.5 Å². The molecule has 0 aliphatic heterocycles. The number of ketones is 1. The summed E-state index contributed by atoms with van der Waals surface area (Å²) in [5, 5.41) is 15.5. The molecule has 1 heterocycles. The third kappa shape index (κ3) is 5.11. The van der Waals surface area contributed by atoms with E-state index in [2.05, 4.69) is 10.6 Å². The monoisotopic (exact) mass is 358 g/mol. The Balaban J connectivity index is 2.12. The number of carbonyl (C=O) groups is 4. The van der Waals surface area contributed by atoms with E-state index in [1.807, 2.05) is 0 Å². The van der Waals surface area contributed by atoms with Crippen molar-refractivity contribution in [3.8, 4) is 0 Å². The summed E-state index contributed by atoms with van der Waals surface area (Å²) in [5.74, 6) is -2.48. The molecule has 0 saturated heterocycles. The third-order valence-corrected chi connectivity index (χ3v) is 3.88. The number of carboxylic acid groups (broad SMARTS) is 1. The molecular weight excluding hydrogens is 344 g/mol. The van der Waals surface area contributed by atoms with Gasteiger partial charge in [-0.3, -0.25) is 14.4 Å². The Kier molecular flexibility index (Phi) is 5.80. The van der Waals surface area contributed by atoms with Gasteiger partial charge in [0.05, 0.1) is 5.56 Å². The second kappa shape index (κ2) is 8.02. The van der Waals surface area contributed by atoms with Crippen molar-refractivity contribution in [3.63, 3.8) is 0 Å². The third-order valence-electron chi connectivity index (χ3n) is 3.05. The first-order valence-electron chi connectivity index (χ1n) is 7.08. The number of aliphatic carboxylic acids is 1. The first kappa shape index (κ1) is 18.1. The van der Waals surface area contributed by atoms with Crippen LogP contribution in [0.25, 0.3) is 0 Å². The molecule has 0 saturated carbocycles. The van der Waals surface area contributed by atoms with Gasteiger partial charge in [-0.2, -0.15) is 0 Å². The average molecular weight is 358 g/mol. The van der Waals surface area contributed by atoms with Crippen LogP contribution in [0, 0.1) is 0 Å². The van der Waals surface area contributed by atoms with Crippen LogP contribution in [0.15, 0.2) is 47.9 Å². The highest BCUT2D eigenvalue weighted by molar-refractivity contribution is 7.14. The Morgan fingerprint density at radius 2 is 1.84 bits per heavy atom. The fraction of sp³-hybridized carbons (Fsp3) is 0.0588. The summed E-state index contributed by atoms with van der Waals surface area (Å²) in [4.78, 5) is 45.8. The predicted octanol–water partition coefficient (Wildman–Crippen LogP) is 2.78. The van der Waals surface area contributed by atoms with Gasteiger partial charge in [0.2, 0.25) is 5.91 Å². The van der Waals surface area contributed by atoms with Gasteiger partial charge in [-0.1, -0.05) is 12.1 Å². The van der Waals surface area contributed by atoms with E-state index in [9.17, 15) is 19.2 Å². The van der Waals surface area contributed by atoms with Gasteiger partial charge in [-0.25, -0.2) is 4.79 Å². The van der Waals surface area contributed by atoms with Crippen LogP contribution in [0.4, 0.5) is 10.7 Å². The molecule has 25 heavy (non-hydrogen) atoms.